The minimum absolute atomic E-state index is 0.512. The van der Waals surface area contributed by atoms with Gasteiger partial charge in [-0.15, -0.1) is 0 Å². The number of anilines is 1. The number of benzene rings is 1. The van der Waals surface area contributed by atoms with Crippen LogP contribution in [-0.4, -0.2) is 30.3 Å². The monoisotopic (exact) mass is 269 g/mol. The van der Waals surface area contributed by atoms with Crippen molar-refractivity contribution in [3.8, 4) is 0 Å². The Morgan fingerprint density at radius 1 is 1.20 bits per heavy atom. The predicted octanol–water partition coefficient (Wildman–Crippen LogP) is 0.729. The molecule has 80 valence electrons. The number of rotatable bonds is 2. The third-order valence-electron chi connectivity index (χ3n) is 2.73. The molecule has 15 heavy (non-hydrogen) atoms. The molecule has 3 nitrogen and oxygen atoms in total. The van der Waals surface area contributed by atoms with Crippen molar-refractivity contribution < 1.29 is 10.0 Å². The van der Waals surface area contributed by atoms with Crippen molar-refractivity contribution in [1.29, 1.82) is 0 Å². The third kappa shape index (κ3) is 2.35. The van der Waals surface area contributed by atoms with Gasteiger partial charge in [0, 0.05) is 23.2 Å². The SMILES string of the molecule is OB(O)c1ccc(N2CCCC2)cc1Br. The number of hydrogen-bond donors (Lipinski definition) is 2. The molecule has 1 heterocycles. The van der Waals surface area contributed by atoms with Crippen molar-refractivity contribution in [3.63, 3.8) is 0 Å². The summed E-state index contributed by atoms with van der Waals surface area (Å²) < 4.78 is 0.752. The van der Waals surface area contributed by atoms with E-state index in [1.807, 2.05) is 12.1 Å². The molecular formula is C10H13BBrNO2. The van der Waals surface area contributed by atoms with Crippen LogP contribution in [0, 0.1) is 0 Å². The van der Waals surface area contributed by atoms with Gasteiger partial charge in [-0.3, -0.25) is 0 Å². The van der Waals surface area contributed by atoms with E-state index in [1.54, 1.807) is 6.07 Å². The lowest BCUT2D eigenvalue weighted by atomic mass is 9.80. The fourth-order valence-electron chi connectivity index (χ4n) is 1.90. The van der Waals surface area contributed by atoms with Gasteiger partial charge in [0.25, 0.3) is 0 Å². The first kappa shape index (κ1) is 11.0. The average Bonchev–Trinajstić information content (AvgIpc) is 2.69. The van der Waals surface area contributed by atoms with E-state index >= 15 is 0 Å². The zero-order valence-electron chi connectivity index (χ0n) is 8.36. The molecule has 0 unspecified atom stereocenters. The molecule has 0 radical (unpaired) electrons. The lowest BCUT2D eigenvalue weighted by Gasteiger charge is -2.18. The highest BCUT2D eigenvalue weighted by atomic mass is 79.9. The second-order valence-corrected chi connectivity index (χ2v) is 4.63. The largest absolute Gasteiger partial charge is 0.489 e. The minimum atomic E-state index is -1.41. The normalized spacial score (nSPS) is 15.8. The molecule has 0 aromatic heterocycles. The van der Waals surface area contributed by atoms with Crippen LogP contribution in [0.3, 0.4) is 0 Å². The van der Waals surface area contributed by atoms with Gasteiger partial charge in [0.05, 0.1) is 0 Å². The van der Waals surface area contributed by atoms with Gasteiger partial charge in [-0.05, 0) is 30.4 Å². The van der Waals surface area contributed by atoms with E-state index < -0.39 is 7.12 Å². The summed E-state index contributed by atoms with van der Waals surface area (Å²) in [6.07, 6.45) is 2.48. The maximum Gasteiger partial charge on any atom is 0.489 e. The highest BCUT2D eigenvalue weighted by Gasteiger charge is 2.17. The first-order valence-corrected chi connectivity index (χ1v) is 5.88. The van der Waals surface area contributed by atoms with Crippen LogP contribution >= 0.6 is 15.9 Å². The fourth-order valence-corrected chi connectivity index (χ4v) is 2.47. The summed E-state index contributed by atoms with van der Waals surface area (Å²) in [5.74, 6) is 0. The maximum absolute atomic E-state index is 9.07. The molecule has 0 bridgehead atoms. The summed E-state index contributed by atoms with van der Waals surface area (Å²) in [6.45, 7) is 2.18. The van der Waals surface area contributed by atoms with Crippen LogP contribution in [0.15, 0.2) is 22.7 Å². The van der Waals surface area contributed by atoms with Crippen LogP contribution in [0.25, 0.3) is 0 Å². The van der Waals surface area contributed by atoms with Crippen molar-refractivity contribution in [3.05, 3.63) is 22.7 Å². The van der Waals surface area contributed by atoms with Gasteiger partial charge in [0.1, 0.15) is 0 Å². The molecule has 1 saturated heterocycles. The summed E-state index contributed by atoms with van der Waals surface area (Å²) in [5, 5.41) is 18.1. The quantitative estimate of drug-likeness (QED) is 0.778. The summed E-state index contributed by atoms with van der Waals surface area (Å²) in [5.41, 5.74) is 1.65. The molecule has 1 aromatic rings. The standard InChI is InChI=1S/C10H13BBrNO2/c12-10-7-8(13-5-1-2-6-13)3-4-9(10)11(14)15/h3-4,7,14-15H,1-2,5-6H2. The molecule has 2 rings (SSSR count). The molecule has 5 heteroatoms. The molecule has 0 amide bonds. The van der Waals surface area contributed by atoms with Gasteiger partial charge >= 0.3 is 7.12 Å². The van der Waals surface area contributed by atoms with Gasteiger partial charge in [-0.1, -0.05) is 22.0 Å². The van der Waals surface area contributed by atoms with Gasteiger partial charge in [0.2, 0.25) is 0 Å². The van der Waals surface area contributed by atoms with Crippen molar-refractivity contribution in [2.75, 3.05) is 18.0 Å². The molecule has 1 aliphatic rings. The zero-order valence-corrected chi connectivity index (χ0v) is 9.94. The first-order chi connectivity index (χ1) is 7.18. The Bertz CT molecular complexity index is 353. The molecule has 0 aliphatic carbocycles. The van der Waals surface area contributed by atoms with Crippen LogP contribution in [-0.2, 0) is 0 Å². The topological polar surface area (TPSA) is 43.7 Å². The fraction of sp³-hybridized carbons (Fsp3) is 0.400. The smallest absolute Gasteiger partial charge is 0.423 e. The Morgan fingerprint density at radius 3 is 2.40 bits per heavy atom. The molecule has 2 N–H and O–H groups in total. The third-order valence-corrected chi connectivity index (χ3v) is 3.42. The lowest BCUT2D eigenvalue weighted by molar-refractivity contribution is 0.425. The van der Waals surface area contributed by atoms with Gasteiger partial charge < -0.3 is 14.9 Å². The van der Waals surface area contributed by atoms with Gasteiger partial charge in [-0.2, -0.15) is 0 Å². The summed E-state index contributed by atoms with van der Waals surface area (Å²) in [4.78, 5) is 2.30. The molecule has 1 aliphatic heterocycles. The number of nitrogens with zero attached hydrogens (tertiary/aromatic N) is 1. The average molecular weight is 270 g/mol. The van der Waals surface area contributed by atoms with Crippen LogP contribution in [0.5, 0.6) is 0 Å². The van der Waals surface area contributed by atoms with E-state index in [4.69, 9.17) is 10.0 Å². The number of hydrogen-bond acceptors (Lipinski definition) is 3. The lowest BCUT2D eigenvalue weighted by Crippen LogP contribution is -2.31. The minimum Gasteiger partial charge on any atom is -0.423 e. The molecular weight excluding hydrogens is 257 g/mol. The molecule has 0 spiro atoms. The summed E-state index contributed by atoms with van der Waals surface area (Å²) in [6, 6.07) is 5.63. The summed E-state index contributed by atoms with van der Waals surface area (Å²) >= 11 is 3.35. The molecule has 1 aromatic carbocycles. The highest BCUT2D eigenvalue weighted by Crippen LogP contribution is 2.22. The predicted molar refractivity (Wildman–Crippen MR) is 65.4 cm³/mol. The van der Waals surface area contributed by atoms with Gasteiger partial charge in [-0.25, -0.2) is 0 Å². The Hall–Kier alpha value is -0.515. The van der Waals surface area contributed by atoms with E-state index in [0.29, 0.717) is 5.46 Å². The van der Waals surface area contributed by atoms with Crippen molar-refractivity contribution in [2.45, 2.75) is 12.8 Å². The van der Waals surface area contributed by atoms with Crippen LogP contribution < -0.4 is 10.4 Å². The van der Waals surface area contributed by atoms with Crippen molar-refractivity contribution >= 4 is 34.2 Å². The van der Waals surface area contributed by atoms with E-state index in [-0.39, 0.29) is 0 Å². The number of halogens is 1. The van der Waals surface area contributed by atoms with Crippen LogP contribution in [0.4, 0.5) is 5.69 Å². The molecule has 1 fully saturated rings. The molecule has 0 atom stereocenters. The Labute approximate surface area is 98.0 Å². The Kier molecular flexibility index (Phi) is 3.33. The second kappa shape index (κ2) is 4.55. The van der Waals surface area contributed by atoms with Gasteiger partial charge in [0.15, 0.2) is 0 Å². The van der Waals surface area contributed by atoms with E-state index in [1.165, 1.54) is 12.8 Å². The Morgan fingerprint density at radius 2 is 1.87 bits per heavy atom. The maximum atomic E-state index is 9.07. The van der Waals surface area contributed by atoms with E-state index in [2.05, 4.69) is 20.8 Å². The van der Waals surface area contributed by atoms with E-state index in [9.17, 15) is 0 Å². The zero-order chi connectivity index (χ0) is 10.8. The second-order valence-electron chi connectivity index (χ2n) is 3.77. The van der Waals surface area contributed by atoms with Crippen molar-refractivity contribution in [1.82, 2.24) is 0 Å². The van der Waals surface area contributed by atoms with E-state index in [0.717, 1.165) is 23.2 Å². The van der Waals surface area contributed by atoms with Crippen LogP contribution in [0.2, 0.25) is 0 Å². The first-order valence-electron chi connectivity index (χ1n) is 5.09. The van der Waals surface area contributed by atoms with Crippen LogP contribution in [0.1, 0.15) is 12.8 Å². The summed E-state index contributed by atoms with van der Waals surface area (Å²) in [7, 11) is -1.41. The van der Waals surface area contributed by atoms with Crippen molar-refractivity contribution in [2.24, 2.45) is 0 Å². The highest BCUT2D eigenvalue weighted by molar-refractivity contribution is 9.10. The molecule has 0 saturated carbocycles. The Balaban J connectivity index is 2.24.